The Morgan fingerprint density at radius 2 is 1.20 bits per heavy atom. The van der Waals surface area contributed by atoms with Crippen LogP contribution in [-0.2, 0) is 11.4 Å². The molecule has 2 nitrogen and oxygen atoms in total. The molecular weight excluding hydrogens is 266 g/mol. The molecule has 1 aliphatic rings. The average molecular weight is 283 g/mol. The second kappa shape index (κ2) is 4.76. The Hall–Kier alpha value is -1.58. The van der Waals surface area contributed by atoms with Crippen LogP contribution in [-0.4, -0.2) is 15.0 Å². The normalized spacial score (nSPS) is 14.7. The maximum Gasteiger partial charge on any atom is 0.144 e. The van der Waals surface area contributed by atoms with Crippen molar-refractivity contribution in [3.63, 3.8) is 0 Å². The van der Waals surface area contributed by atoms with Crippen LogP contribution < -0.4 is 0 Å². The third-order valence-corrected chi connectivity index (χ3v) is 4.75. The summed E-state index contributed by atoms with van der Waals surface area (Å²) in [6.07, 6.45) is 0. The third kappa shape index (κ3) is 2.17. The summed E-state index contributed by atoms with van der Waals surface area (Å²) in [4.78, 5) is 0. The molecular formula is C17H17NOS. The van der Waals surface area contributed by atoms with Crippen molar-refractivity contribution in [1.29, 1.82) is 0 Å². The van der Waals surface area contributed by atoms with Crippen LogP contribution in [0, 0.1) is 0 Å². The Morgan fingerprint density at radius 3 is 1.60 bits per heavy atom. The fourth-order valence-electron chi connectivity index (χ4n) is 2.31. The minimum absolute atomic E-state index is 0.348. The molecule has 3 rings (SSSR count). The molecule has 1 unspecified atom stereocenters. The summed E-state index contributed by atoms with van der Waals surface area (Å²) in [7, 11) is 0. The van der Waals surface area contributed by atoms with Gasteiger partial charge in [-0.05, 0) is 31.9 Å². The summed E-state index contributed by atoms with van der Waals surface area (Å²) in [6, 6.07) is 16.3. The number of hydrogen-bond acceptors (Lipinski definition) is 2. The Morgan fingerprint density at radius 1 is 0.800 bits per heavy atom. The van der Waals surface area contributed by atoms with Gasteiger partial charge in [-0.1, -0.05) is 52.9 Å². The second-order valence-corrected chi connectivity index (χ2v) is 7.80. The lowest BCUT2D eigenvalue weighted by Gasteiger charge is -2.18. The van der Waals surface area contributed by atoms with Gasteiger partial charge in [0.05, 0.1) is 0 Å². The maximum atomic E-state index is 12.4. The summed E-state index contributed by atoms with van der Waals surface area (Å²) in [5.41, 5.74) is 5.35. The summed E-state index contributed by atoms with van der Waals surface area (Å²) < 4.78 is 16.5. The van der Waals surface area contributed by atoms with Crippen molar-refractivity contribution in [2.75, 3.05) is 0 Å². The van der Waals surface area contributed by atoms with Gasteiger partial charge in [-0.15, -0.1) is 0 Å². The van der Waals surface area contributed by atoms with E-state index in [0.29, 0.717) is 0 Å². The molecule has 20 heavy (non-hydrogen) atoms. The molecule has 2 aromatic rings. The molecule has 0 aromatic heterocycles. The van der Waals surface area contributed by atoms with Gasteiger partial charge < -0.3 is 4.55 Å². The largest absolute Gasteiger partial charge is 0.591 e. The van der Waals surface area contributed by atoms with Crippen molar-refractivity contribution in [1.82, 2.24) is 0 Å². The standard InChI is InChI=1S/C17H17NOS/c1-17(2,3)20(19)18-16-14-10-6-4-8-12(14)13-9-5-7-11-15(13)16/h4-11H,1-3H3. The summed E-state index contributed by atoms with van der Waals surface area (Å²) in [5, 5.41) is 0. The predicted molar refractivity (Wildman–Crippen MR) is 85.4 cm³/mol. The topological polar surface area (TPSA) is 35.4 Å². The Balaban J connectivity index is 2.19. The maximum absolute atomic E-state index is 12.4. The van der Waals surface area contributed by atoms with Crippen molar-refractivity contribution in [2.24, 2.45) is 4.40 Å². The van der Waals surface area contributed by atoms with Crippen molar-refractivity contribution in [2.45, 2.75) is 25.5 Å². The molecule has 0 aliphatic heterocycles. The van der Waals surface area contributed by atoms with Crippen LogP contribution in [0.15, 0.2) is 52.9 Å². The highest BCUT2D eigenvalue weighted by molar-refractivity contribution is 7.91. The number of rotatable bonds is 1. The molecule has 0 saturated heterocycles. The number of nitrogens with zero attached hydrogens (tertiary/aromatic N) is 1. The van der Waals surface area contributed by atoms with E-state index in [1.165, 1.54) is 11.1 Å². The van der Waals surface area contributed by atoms with E-state index < -0.39 is 11.4 Å². The Labute approximate surface area is 122 Å². The fourth-order valence-corrected chi connectivity index (χ4v) is 2.95. The van der Waals surface area contributed by atoms with Crippen LogP contribution in [0.5, 0.6) is 0 Å². The van der Waals surface area contributed by atoms with Gasteiger partial charge in [0, 0.05) is 11.1 Å². The van der Waals surface area contributed by atoms with E-state index >= 15 is 0 Å². The summed E-state index contributed by atoms with van der Waals surface area (Å²) in [5.74, 6) is 0. The van der Waals surface area contributed by atoms with Crippen molar-refractivity contribution in [3.8, 4) is 11.1 Å². The Bertz CT molecular complexity index is 638. The van der Waals surface area contributed by atoms with Gasteiger partial charge in [0.1, 0.15) is 21.8 Å². The van der Waals surface area contributed by atoms with Gasteiger partial charge in [0.15, 0.2) is 0 Å². The van der Waals surface area contributed by atoms with Crippen LogP contribution in [0.2, 0.25) is 0 Å². The number of hydrogen-bond donors (Lipinski definition) is 0. The molecule has 1 atom stereocenters. The van der Waals surface area contributed by atoms with Gasteiger partial charge in [0.25, 0.3) is 0 Å². The zero-order chi connectivity index (χ0) is 14.3. The van der Waals surface area contributed by atoms with Gasteiger partial charge in [-0.2, -0.15) is 0 Å². The number of benzene rings is 2. The summed E-state index contributed by atoms with van der Waals surface area (Å²) in [6.45, 7) is 5.83. The molecule has 0 amide bonds. The molecule has 0 fully saturated rings. The molecule has 0 heterocycles. The van der Waals surface area contributed by atoms with Gasteiger partial charge >= 0.3 is 0 Å². The molecule has 0 bridgehead atoms. The van der Waals surface area contributed by atoms with Crippen molar-refractivity contribution < 1.29 is 4.55 Å². The lowest BCUT2D eigenvalue weighted by Crippen LogP contribution is -2.27. The van der Waals surface area contributed by atoms with Crippen LogP contribution in [0.4, 0.5) is 0 Å². The second-order valence-electron chi connectivity index (χ2n) is 5.89. The molecule has 0 radical (unpaired) electrons. The van der Waals surface area contributed by atoms with Crippen molar-refractivity contribution in [3.05, 3.63) is 59.7 Å². The van der Waals surface area contributed by atoms with Gasteiger partial charge in [-0.25, -0.2) is 0 Å². The quantitative estimate of drug-likeness (QED) is 0.622. The number of fused-ring (bicyclic) bond motifs is 3. The van der Waals surface area contributed by atoms with E-state index in [2.05, 4.69) is 16.5 Å². The third-order valence-electron chi connectivity index (χ3n) is 3.35. The smallest absolute Gasteiger partial charge is 0.144 e. The first-order valence-electron chi connectivity index (χ1n) is 6.68. The predicted octanol–water partition coefficient (Wildman–Crippen LogP) is 3.97. The average Bonchev–Trinajstić information content (AvgIpc) is 2.73. The SMILES string of the molecule is CC(C)(C)[S+]([O-])N=C1c2ccccc2-c2ccccc21. The van der Waals surface area contributed by atoms with E-state index in [1.54, 1.807) is 0 Å². The van der Waals surface area contributed by atoms with Gasteiger partial charge in [0.2, 0.25) is 0 Å². The highest BCUT2D eigenvalue weighted by Gasteiger charge is 2.31. The molecule has 0 spiro atoms. The molecule has 0 saturated carbocycles. The molecule has 0 N–H and O–H groups in total. The zero-order valence-corrected chi connectivity index (χ0v) is 12.7. The monoisotopic (exact) mass is 283 g/mol. The fraction of sp³-hybridized carbons (Fsp3) is 0.235. The Kier molecular flexibility index (Phi) is 3.19. The van der Waals surface area contributed by atoms with Gasteiger partial charge in [-0.3, -0.25) is 0 Å². The van der Waals surface area contributed by atoms with Crippen LogP contribution >= 0.6 is 0 Å². The zero-order valence-electron chi connectivity index (χ0n) is 11.9. The molecule has 2 aromatic carbocycles. The van der Waals surface area contributed by atoms with E-state index in [0.717, 1.165) is 16.8 Å². The van der Waals surface area contributed by atoms with E-state index in [1.807, 2.05) is 57.2 Å². The first-order valence-corrected chi connectivity index (χ1v) is 7.79. The van der Waals surface area contributed by atoms with E-state index in [9.17, 15) is 4.55 Å². The van der Waals surface area contributed by atoms with Crippen LogP contribution in [0.3, 0.4) is 0 Å². The summed E-state index contributed by atoms with van der Waals surface area (Å²) >= 11 is -1.25. The van der Waals surface area contributed by atoms with Crippen molar-refractivity contribution >= 4 is 17.1 Å². The minimum Gasteiger partial charge on any atom is -0.591 e. The first kappa shape index (κ1) is 13.4. The lowest BCUT2D eigenvalue weighted by atomic mass is 10.1. The minimum atomic E-state index is -1.25. The van der Waals surface area contributed by atoms with Crippen LogP contribution in [0.1, 0.15) is 31.9 Å². The first-order chi connectivity index (χ1) is 9.48. The highest BCUT2D eigenvalue weighted by Crippen LogP contribution is 2.37. The molecule has 1 aliphatic carbocycles. The molecule has 3 heteroatoms. The lowest BCUT2D eigenvalue weighted by molar-refractivity contribution is 0.561. The highest BCUT2D eigenvalue weighted by atomic mass is 32.2. The van der Waals surface area contributed by atoms with E-state index in [4.69, 9.17) is 0 Å². The van der Waals surface area contributed by atoms with E-state index in [-0.39, 0.29) is 4.75 Å². The molecule has 102 valence electrons. The van der Waals surface area contributed by atoms with Crippen LogP contribution in [0.25, 0.3) is 11.1 Å².